The summed E-state index contributed by atoms with van der Waals surface area (Å²) >= 11 is 5.54. The Labute approximate surface area is 124 Å². The van der Waals surface area contributed by atoms with Gasteiger partial charge in [-0.2, -0.15) is 0 Å². The molecule has 0 spiro atoms. The van der Waals surface area contributed by atoms with Gasteiger partial charge in [-0.25, -0.2) is 0 Å². The molecule has 104 valence electrons. The Bertz CT molecular complexity index is 347. The first kappa shape index (κ1) is 19.7. The Hall–Kier alpha value is -0.680. The summed E-state index contributed by atoms with van der Waals surface area (Å²) in [5.41, 5.74) is 7.31. The van der Waals surface area contributed by atoms with E-state index in [4.69, 9.17) is 22.4 Å². The van der Waals surface area contributed by atoms with Crippen LogP contribution >= 0.6 is 36.4 Å². The summed E-state index contributed by atoms with van der Waals surface area (Å²) in [5, 5.41) is 11.8. The Morgan fingerprint density at radius 2 is 1.89 bits per heavy atom. The maximum absolute atomic E-state index is 10.6. The third kappa shape index (κ3) is 6.91. The van der Waals surface area contributed by atoms with E-state index in [1.165, 1.54) is 0 Å². The van der Waals surface area contributed by atoms with Gasteiger partial charge in [-0.1, -0.05) is 12.1 Å². The van der Waals surface area contributed by atoms with Crippen molar-refractivity contribution in [2.75, 3.05) is 17.7 Å². The highest BCUT2D eigenvalue weighted by atomic mass is 35.5. The van der Waals surface area contributed by atoms with Crippen molar-refractivity contribution in [1.29, 1.82) is 0 Å². The van der Waals surface area contributed by atoms with Crippen molar-refractivity contribution < 1.29 is 9.90 Å². The molecule has 1 aromatic rings. The molecule has 7 heteroatoms. The molecule has 18 heavy (non-hydrogen) atoms. The molecule has 0 radical (unpaired) electrons. The average molecular weight is 316 g/mol. The van der Waals surface area contributed by atoms with E-state index in [-0.39, 0.29) is 24.8 Å². The smallest absolute Gasteiger partial charge is 0.320 e. The number of carboxylic acid groups (broad SMARTS) is 1. The zero-order valence-electron chi connectivity index (χ0n) is 9.64. The van der Waals surface area contributed by atoms with E-state index in [1.807, 2.05) is 24.3 Å². The van der Waals surface area contributed by atoms with E-state index >= 15 is 0 Å². The van der Waals surface area contributed by atoms with Crippen LogP contribution in [0.3, 0.4) is 0 Å². The summed E-state index contributed by atoms with van der Waals surface area (Å²) in [7, 11) is 0. The van der Waals surface area contributed by atoms with Gasteiger partial charge in [0, 0.05) is 18.1 Å². The van der Waals surface area contributed by atoms with Crippen molar-refractivity contribution in [3.8, 4) is 0 Å². The fourth-order valence-corrected chi connectivity index (χ4v) is 1.39. The maximum atomic E-state index is 10.6. The zero-order chi connectivity index (χ0) is 12.0. The van der Waals surface area contributed by atoms with Crippen LogP contribution in [0.15, 0.2) is 24.3 Å². The average Bonchev–Trinajstić information content (AvgIpc) is 2.28. The minimum absolute atomic E-state index is 0. The van der Waals surface area contributed by atoms with Gasteiger partial charge in [0.2, 0.25) is 0 Å². The van der Waals surface area contributed by atoms with Gasteiger partial charge in [0.1, 0.15) is 6.04 Å². The van der Waals surface area contributed by atoms with Crippen molar-refractivity contribution in [2.24, 2.45) is 5.73 Å². The quantitative estimate of drug-likeness (QED) is 0.703. The van der Waals surface area contributed by atoms with Crippen LogP contribution < -0.4 is 11.1 Å². The van der Waals surface area contributed by atoms with Crippen LogP contribution in [0.5, 0.6) is 0 Å². The topological polar surface area (TPSA) is 75.3 Å². The number of nitrogens with one attached hydrogen (secondary N) is 1. The summed E-state index contributed by atoms with van der Waals surface area (Å²) in [4.78, 5) is 10.6. The number of hydrogen-bond donors (Lipinski definition) is 3. The number of nitrogens with two attached hydrogens (primary N) is 1. The Balaban J connectivity index is 0. The molecule has 0 saturated carbocycles. The van der Waals surface area contributed by atoms with Gasteiger partial charge in [0.25, 0.3) is 0 Å². The van der Waals surface area contributed by atoms with Crippen molar-refractivity contribution in [3.63, 3.8) is 0 Å². The number of aliphatic carboxylic acids is 1. The minimum atomic E-state index is -0.982. The fraction of sp³-hybridized carbons (Fsp3) is 0.364. The van der Waals surface area contributed by atoms with Crippen LogP contribution in [-0.4, -0.2) is 29.5 Å². The lowest BCUT2D eigenvalue weighted by atomic mass is 10.1. The molecule has 1 atom stereocenters. The van der Waals surface area contributed by atoms with E-state index in [2.05, 4.69) is 5.32 Å². The van der Waals surface area contributed by atoms with E-state index in [0.717, 1.165) is 11.3 Å². The van der Waals surface area contributed by atoms with E-state index in [9.17, 15) is 4.79 Å². The lowest BCUT2D eigenvalue weighted by Crippen LogP contribution is -2.32. The number of hydrogen-bond acceptors (Lipinski definition) is 3. The molecule has 0 unspecified atom stereocenters. The highest BCUT2D eigenvalue weighted by molar-refractivity contribution is 6.18. The fourth-order valence-electron chi connectivity index (χ4n) is 1.29. The predicted molar refractivity (Wildman–Crippen MR) is 79.5 cm³/mol. The van der Waals surface area contributed by atoms with Gasteiger partial charge in [0.05, 0.1) is 0 Å². The number of carbonyl (C=O) groups is 1. The molecule has 0 saturated heterocycles. The van der Waals surface area contributed by atoms with Crippen LogP contribution in [0, 0.1) is 0 Å². The first-order chi connectivity index (χ1) is 7.63. The normalized spacial score (nSPS) is 10.8. The lowest BCUT2D eigenvalue weighted by molar-refractivity contribution is -0.138. The summed E-state index contributed by atoms with van der Waals surface area (Å²) in [6.07, 6.45) is 0.338. The molecule has 0 aromatic heterocycles. The molecule has 0 bridgehead atoms. The summed E-state index contributed by atoms with van der Waals surface area (Å²) in [6, 6.07) is 6.65. The monoisotopic (exact) mass is 314 g/mol. The molecule has 0 fully saturated rings. The standard InChI is InChI=1S/C11H15ClN2O2.2ClH/c12-5-6-14-9-3-1-8(2-4-9)7-10(13)11(15)16;;/h1-4,10,14H,5-7,13H2,(H,15,16);2*1H/t10-;;/m0../s1. The SMILES string of the molecule is Cl.Cl.N[C@@H](Cc1ccc(NCCCl)cc1)C(=O)O. The summed E-state index contributed by atoms with van der Waals surface area (Å²) in [6.45, 7) is 0.704. The largest absolute Gasteiger partial charge is 0.480 e. The van der Waals surface area contributed by atoms with Gasteiger partial charge in [-0.05, 0) is 24.1 Å². The van der Waals surface area contributed by atoms with Gasteiger partial charge >= 0.3 is 5.97 Å². The highest BCUT2D eigenvalue weighted by Gasteiger charge is 2.11. The second-order valence-electron chi connectivity index (χ2n) is 3.46. The van der Waals surface area contributed by atoms with Crippen LogP contribution in [0.1, 0.15) is 5.56 Å². The van der Waals surface area contributed by atoms with Crippen molar-refractivity contribution in [3.05, 3.63) is 29.8 Å². The summed E-state index contributed by atoms with van der Waals surface area (Å²) < 4.78 is 0. The molecule has 4 N–H and O–H groups in total. The second kappa shape index (κ2) is 10.3. The van der Waals surface area contributed by atoms with E-state index in [1.54, 1.807) is 0 Å². The maximum Gasteiger partial charge on any atom is 0.320 e. The van der Waals surface area contributed by atoms with Gasteiger partial charge in [-0.3, -0.25) is 4.79 Å². The van der Waals surface area contributed by atoms with Gasteiger partial charge in [-0.15, -0.1) is 36.4 Å². The number of halogens is 3. The Kier molecular flexibility index (Phi) is 11.2. The molecule has 0 aliphatic carbocycles. The van der Waals surface area contributed by atoms with E-state index in [0.29, 0.717) is 18.8 Å². The van der Waals surface area contributed by atoms with Crippen LogP contribution in [0.2, 0.25) is 0 Å². The summed E-state index contributed by atoms with van der Waals surface area (Å²) in [5.74, 6) is -0.435. The van der Waals surface area contributed by atoms with Crippen molar-refractivity contribution >= 4 is 48.1 Å². The molecular formula is C11H17Cl3N2O2. The first-order valence-electron chi connectivity index (χ1n) is 5.00. The zero-order valence-corrected chi connectivity index (χ0v) is 12.0. The molecule has 1 rings (SSSR count). The molecule has 0 heterocycles. The molecule has 0 amide bonds. The number of alkyl halides is 1. The minimum Gasteiger partial charge on any atom is -0.480 e. The number of carboxylic acids is 1. The van der Waals surface area contributed by atoms with Crippen molar-refractivity contribution in [2.45, 2.75) is 12.5 Å². The number of benzene rings is 1. The molecular weight excluding hydrogens is 298 g/mol. The second-order valence-corrected chi connectivity index (χ2v) is 3.84. The van der Waals surface area contributed by atoms with Gasteiger partial charge in [0.15, 0.2) is 0 Å². The third-order valence-electron chi connectivity index (χ3n) is 2.15. The van der Waals surface area contributed by atoms with E-state index < -0.39 is 12.0 Å². The van der Waals surface area contributed by atoms with Crippen molar-refractivity contribution in [1.82, 2.24) is 0 Å². The number of rotatable bonds is 6. The highest BCUT2D eigenvalue weighted by Crippen LogP contribution is 2.10. The predicted octanol–water partition coefficient (Wildman–Crippen LogP) is 2.14. The Morgan fingerprint density at radius 3 is 2.33 bits per heavy atom. The van der Waals surface area contributed by atoms with Crippen LogP contribution in [-0.2, 0) is 11.2 Å². The molecule has 1 aromatic carbocycles. The van der Waals surface area contributed by atoms with Gasteiger partial charge < -0.3 is 16.2 Å². The third-order valence-corrected chi connectivity index (χ3v) is 2.34. The molecule has 0 aliphatic heterocycles. The van der Waals surface area contributed by atoms with Crippen LogP contribution in [0.4, 0.5) is 5.69 Å². The molecule has 0 aliphatic rings. The number of anilines is 1. The molecule has 4 nitrogen and oxygen atoms in total. The first-order valence-corrected chi connectivity index (χ1v) is 5.54. The van der Waals surface area contributed by atoms with Crippen LogP contribution in [0.25, 0.3) is 0 Å². The Morgan fingerprint density at radius 1 is 1.33 bits per heavy atom. The lowest BCUT2D eigenvalue weighted by Gasteiger charge is -2.08.